The van der Waals surface area contributed by atoms with Gasteiger partial charge in [-0.05, 0) is 48.9 Å². The summed E-state index contributed by atoms with van der Waals surface area (Å²) in [5.74, 6) is -0.213. The molecule has 0 saturated carbocycles. The molecule has 0 saturated heterocycles. The normalized spacial score (nSPS) is 11.3. The number of aryl methyl sites for hydroxylation is 1. The molecule has 2 nitrogen and oxygen atoms in total. The summed E-state index contributed by atoms with van der Waals surface area (Å²) < 4.78 is 56.1. The highest BCUT2D eigenvalue weighted by Crippen LogP contribution is 2.34. The maximum Gasteiger partial charge on any atom is 0.416 e. The minimum Gasteiger partial charge on any atom is -0.456 e. The average molecular weight is 298 g/mol. The Morgan fingerprint density at radius 2 is 1.71 bits per heavy atom. The SMILES string of the molecule is Cc1cc(F)ccc1Oc1ccc(C(F)(F)F)cc1C=O. The van der Waals surface area contributed by atoms with E-state index in [4.69, 9.17) is 4.74 Å². The van der Waals surface area contributed by atoms with Crippen molar-refractivity contribution >= 4 is 6.29 Å². The van der Waals surface area contributed by atoms with Gasteiger partial charge in [0.25, 0.3) is 0 Å². The predicted octanol–water partition coefficient (Wildman–Crippen LogP) is 4.76. The summed E-state index contributed by atoms with van der Waals surface area (Å²) in [4.78, 5) is 10.9. The Kier molecular flexibility index (Phi) is 3.97. The highest BCUT2D eigenvalue weighted by Gasteiger charge is 2.31. The molecule has 0 amide bonds. The fourth-order valence-corrected chi connectivity index (χ4v) is 1.76. The molecule has 0 bridgehead atoms. The zero-order valence-electron chi connectivity index (χ0n) is 10.9. The Morgan fingerprint density at radius 1 is 1.05 bits per heavy atom. The third kappa shape index (κ3) is 3.39. The molecule has 0 N–H and O–H groups in total. The van der Waals surface area contributed by atoms with E-state index in [1.807, 2.05) is 0 Å². The molecule has 2 rings (SSSR count). The van der Waals surface area contributed by atoms with E-state index in [2.05, 4.69) is 0 Å². The van der Waals surface area contributed by atoms with Crippen molar-refractivity contribution in [1.29, 1.82) is 0 Å². The van der Waals surface area contributed by atoms with Crippen LogP contribution in [-0.4, -0.2) is 6.29 Å². The number of hydrogen-bond acceptors (Lipinski definition) is 2. The maximum atomic E-state index is 13.0. The average Bonchev–Trinajstić information content (AvgIpc) is 2.41. The molecule has 110 valence electrons. The van der Waals surface area contributed by atoms with E-state index in [0.29, 0.717) is 11.6 Å². The lowest BCUT2D eigenvalue weighted by atomic mass is 10.1. The number of benzene rings is 2. The topological polar surface area (TPSA) is 26.3 Å². The van der Waals surface area contributed by atoms with Crippen molar-refractivity contribution in [1.82, 2.24) is 0 Å². The Bertz CT molecular complexity index is 678. The fourth-order valence-electron chi connectivity index (χ4n) is 1.76. The summed E-state index contributed by atoms with van der Waals surface area (Å²) in [5.41, 5.74) is -0.701. The van der Waals surface area contributed by atoms with E-state index in [1.165, 1.54) is 12.1 Å². The molecule has 0 spiro atoms. The number of rotatable bonds is 3. The van der Waals surface area contributed by atoms with Crippen LogP contribution < -0.4 is 4.74 Å². The smallest absolute Gasteiger partial charge is 0.416 e. The van der Waals surface area contributed by atoms with Crippen LogP contribution in [0.2, 0.25) is 0 Å². The first kappa shape index (κ1) is 15.0. The van der Waals surface area contributed by atoms with Crippen LogP contribution in [0.15, 0.2) is 36.4 Å². The summed E-state index contributed by atoms with van der Waals surface area (Å²) in [5, 5.41) is 0. The molecule has 6 heteroatoms. The van der Waals surface area contributed by atoms with Crippen LogP contribution in [0.4, 0.5) is 17.6 Å². The number of hydrogen-bond donors (Lipinski definition) is 0. The molecule has 0 aliphatic carbocycles. The maximum absolute atomic E-state index is 13.0. The van der Waals surface area contributed by atoms with Crippen molar-refractivity contribution in [3.63, 3.8) is 0 Å². The van der Waals surface area contributed by atoms with Crippen LogP contribution in [0.5, 0.6) is 11.5 Å². The zero-order valence-corrected chi connectivity index (χ0v) is 10.9. The van der Waals surface area contributed by atoms with Crippen molar-refractivity contribution in [3.05, 3.63) is 58.9 Å². The van der Waals surface area contributed by atoms with Gasteiger partial charge in [-0.15, -0.1) is 0 Å². The molecule has 0 aliphatic heterocycles. The van der Waals surface area contributed by atoms with Crippen LogP contribution >= 0.6 is 0 Å². The first-order valence-electron chi connectivity index (χ1n) is 5.91. The highest BCUT2D eigenvalue weighted by atomic mass is 19.4. The summed E-state index contributed by atoms with van der Waals surface area (Å²) in [6.07, 6.45) is -4.26. The molecule has 0 radical (unpaired) electrons. The summed E-state index contributed by atoms with van der Waals surface area (Å²) in [7, 11) is 0. The van der Waals surface area contributed by atoms with Gasteiger partial charge >= 0.3 is 6.18 Å². The summed E-state index contributed by atoms with van der Waals surface area (Å²) in [6, 6.07) is 6.32. The van der Waals surface area contributed by atoms with Gasteiger partial charge in [0.05, 0.1) is 11.1 Å². The Labute approximate surface area is 118 Å². The van der Waals surface area contributed by atoms with Gasteiger partial charge in [-0.2, -0.15) is 13.2 Å². The van der Waals surface area contributed by atoms with E-state index in [0.717, 1.165) is 18.2 Å². The molecule has 0 aliphatic rings. The molecule has 21 heavy (non-hydrogen) atoms. The second-order valence-corrected chi connectivity index (χ2v) is 4.38. The third-order valence-corrected chi connectivity index (χ3v) is 2.82. The molecule has 0 fully saturated rings. The molecule has 0 atom stereocenters. The zero-order chi connectivity index (χ0) is 15.6. The Balaban J connectivity index is 2.38. The number of aldehydes is 1. The lowest BCUT2D eigenvalue weighted by molar-refractivity contribution is -0.137. The van der Waals surface area contributed by atoms with Gasteiger partial charge in [-0.25, -0.2) is 4.39 Å². The lowest BCUT2D eigenvalue weighted by Crippen LogP contribution is -2.06. The molecule has 0 heterocycles. The van der Waals surface area contributed by atoms with E-state index in [-0.39, 0.29) is 23.3 Å². The van der Waals surface area contributed by atoms with Gasteiger partial charge in [0.1, 0.15) is 17.3 Å². The van der Waals surface area contributed by atoms with Gasteiger partial charge < -0.3 is 4.74 Å². The predicted molar refractivity (Wildman–Crippen MR) is 68.0 cm³/mol. The van der Waals surface area contributed by atoms with E-state index < -0.39 is 17.6 Å². The second-order valence-electron chi connectivity index (χ2n) is 4.38. The largest absolute Gasteiger partial charge is 0.456 e. The van der Waals surface area contributed by atoms with Gasteiger partial charge in [0.2, 0.25) is 0 Å². The van der Waals surface area contributed by atoms with Crippen molar-refractivity contribution in [3.8, 4) is 11.5 Å². The quantitative estimate of drug-likeness (QED) is 0.603. The van der Waals surface area contributed by atoms with Crippen LogP contribution in [0.25, 0.3) is 0 Å². The molecule has 0 aromatic heterocycles. The minimum atomic E-state index is -4.54. The first-order chi connectivity index (χ1) is 9.81. The van der Waals surface area contributed by atoms with E-state index >= 15 is 0 Å². The van der Waals surface area contributed by atoms with Crippen LogP contribution in [-0.2, 0) is 6.18 Å². The highest BCUT2D eigenvalue weighted by molar-refractivity contribution is 5.80. The minimum absolute atomic E-state index is 0.0206. The number of alkyl halides is 3. The fraction of sp³-hybridized carbons (Fsp3) is 0.133. The molecule has 2 aromatic rings. The third-order valence-electron chi connectivity index (χ3n) is 2.82. The number of halogens is 4. The van der Waals surface area contributed by atoms with E-state index in [1.54, 1.807) is 6.92 Å². The first-order valence-corrected chi connectivity index (χ1v) is 5.91. The van der Waals surface area contributed by atoms with Crippen molar-refractivity contribution < 1.29 is 27.1 Å². The van der Waals surface area contributed by atoms with Gasteiger partial charge in [0, 0.05) is 0 Å². The molecular formula is C15H10F4O2. The Morgan fingerprint density at radius 3 is 2.29 bits per heavy atom. The van der Waals surface area contributed by atoms with Gasteiger partial charge in [-0.1, -0.05) is 0 Å². The van der Waals surface area contributed by atoms with Crippen molar-refractivity contribution in [2.24, 2.45) is 0 Å². The van der Waals surface area contributed by atoms with Gasteiger partial charge in [0.15, 0.2) is 6.29 Å². The summed E-state index contributed by atoms with van der Waals surface area (Å²) in [6.45, 7) is 1.59. The summed E-state index contributed by atoms with van der Waals surface area (Å²) >= 11 is 0. The van der Waals surface area contributed by atoms with Crippen LogP contribution in [0, 0.1) is 12.7 Å². The van der Waals surface area contributed by atoms with Crippen molar-refractivity contribution in [2.75, 3.05) is 0 Å². The second kappa shape index (κ2) is 5.55. The Hall–Kier alpha value is -2.37. The number of carbonyl (C=O) groups excluding carboxylic acids is 1. The standard InChI is InChI=1S/C15H10F4O2/c1-9-6-12(16)3-5-13(9)21-14-4-2-11(15(17,18)19)7-10(14)8-20/h2-8H,1H3. The van der Waals surface area contributed by atoms with Crippen LogP contribution in [0.3, 0.4) is 0 Å². The number of ether oxygens (including phenoxy) is 1. The van der Waals surface area contributed by atoms with Crippen LogP contribution in [0.1, 0.15) is 21.5 Å². The number of carbonyl (C=O) groups is 1. The molecular weight excluding hydrogens is 288 g/mol. The molecule has 2 aromatic carbocycles. The van der Waals surface area contributed by atoms with Crippen molar-refractivity contribution in [2.45, 2.75) is 13.1 Å². The monoisotopic (exact) mass is 298 g/mol. The lowest BCUT2D eigenvalue weighted by Gasteiger charge is -2.13. The molecule has 0 unspecified atom stereocenters. The van der Waals surface area contributed by atoms with Gasteiger partial charge in [-0.3, -0.25) is 4.79 Å². The van der Waals surface area contributed by atoms with E-state index in [9.17, 15) is 22.4 Å².